The molecule has 0 saturated carbocycles. The summed E-state index contributed by atoms with van der Waals surface area (Å²) in [5, 5.41) is 9.59. The third kappa shape index (κ3) is 34.5. The van der Waals surface area contributed by atoms with E-state index < -0.39 is 18.1 Å². The van der Waals surface area contributed by atoms with Crippen molar-refractivity contribution in [3.63, 3.8) is 0 Å². The van der Waals surface area contributed by atoms with Gasteiger partial charge in [-0.3, -0.25) is 9.59 Å². The highest BCUT2D eigenvalue weighted by Crippen LogP contribution is 2.11. The number of hydrogen-bond donors (Lipinski definition) is 1. The second-order valence-corrected chi connectivity index (χ2v) is 14.9. The summed E-state index contributed by atoms with van der Waals surface area (Å²) in [6, 6.07) is -0.628. The molecule has 0 heterocycles. The number of hydrogen-bond acceptors (Lipinski definition) is 6. The molecule has 0 aliphatic rings. The summed E-state index contributed by atoms with van der Waals surface area (Å²) < 4.78 is 17.1. The highest BCUT2D eigenvalue weighted by atomic mass is 16.6. The van der Waals surface area contributed by atoms with Crippen LogP contribution < -0.4 is 0 Å². The molecule has 0 saturated heterocycles. The van der Waals surface area contributed by atoms with Crippen LogP contribution in [-0.2, 0) is 28.6 Å². The Hall–Kier alpha value is -3.23. The maximum atomic E-state index is 12.7. The lowest BCUT2D eigenvalue weighted by atomic mass is 10.1. The van der Waals surface area contributed by atoms with Crippen molar-refractivity contribution in [2.45, 2.75) is 161 Å². The van der Waals surface area contributed by atoms with Crippen molar-refractivity contribution in [3.05, 3.63) is 72.9 Å². The number of quaternary nitrogens is 1. The molecule has 0 amide bonds. The summed E-state index contributed by atoms with van der Waals surface area (Å²) in [5.74, 6) is -1.58. The molecule has 0 bridgehead atoms. The monoisotopic (exact) mass is 757 g/mol. The summed E-state index contributed by atoms with van der Waals surface area (Å²) in [6.07, 6.45) is 45.3. The Kier molecular flexibility index (Phi) is 34.5. The molecule has 308 valence electrons. The van der Waals surface area contributed by atoms with Gasteiger partial charge in [0.2, 0.25) is 0 Å². The predicted octanol–water partition coefficient (Wildman–Crippen LogP) is 11.2. The van der Waals surface area contributed by atoms with Crippen LogP contribution in [0.1, 0.15) is 149 Å². The number of ether oxygens (including phenoxy) is 3. The van der Waals surface area contributed by atoms with Gasteiger partial charge in [-0.25, -0.2) is 4.79 Å². The molecule has 2 unspecified atom stereocenters. The molecule has 0 spiro atoms. The lowest BCUT2D eigenvalue weighted by Crippen LogP contribution is -2.50. The minimum absolute atomic E-state index is 0.0312. The van der Waals surface area contributed by atoms with E-state index in [-0.39, 0.29) is 42.7 Å². The topological polar surface area (TPSA) is 99.1 Å². The zero-order valence-corrected chi connectivity index (χ0v) is 34.9. The number of carboxylic acid groups (broad SMARTS) is 1. The molecule has 0 radical (unpaired) electrons. The van der Waals surface area contributed by atoms with Crippen LogP contribution in [0.5, 0.6) is 0 Å². The van der Waals surface area contributed by atoms with Crippen molar-refractivity contribution in [1.82, 2.24) is 0 Å². The number of carbonyl (C=O) groups excluding carboxylic acids is 2. The number of allylic oxidation sites excluding steroid dienone is 12. The molecule has 0 aromatic rings. The first-order valence-corrected chi connectivity index (χ1v) is 21.0. The smallest absolute Gasteiger partial charge is 0.362 e. The van der Waals surface area contributed by atoms with Gasteiger partial charge in [-0.1, -0.05) is 119 Å². The molecule has 0 rings (SSSR count). The van der Waals surface area contributed by atoms with Crippen LogP contribution in [0, 0.1) is 0 Å². The summed E-state index contributed by atoms with van der Waals surface area (Å²) in [5.41, 5.74) is 0. The molecule has 0 aliphatic heterocycles. The van der Waals surface area contributed by atoms with Gasteiger partial charge in [0.15, 0.2) is 12.1 Å². The van der Waals surface area contributed by atoms with E-state index in [2.05, 4.69) is 86.8 Å². The van der Waals surface area contributed by atoms with E-state index in [1.54, 1.807) is 0 Å². The molecule has 54 heavy (non-hydrogen) atoms. The maximum absolute atomic E-state index is 12.7. The molecular weight excluding hydrogens is 679 g/mol. The molecular formula is C46H78NO7+. The van der Waals surface area contributed by atoms with Gasteiger partial charge in [0.25, 0.3) is 0 Å². The van der Waals surface area contributed by atoms with Crippen molar-refractivity contribution >= 4 is 17.9 Å². The van der Waals surface area contributed by atoms with Gasteiger partial charge in [-0.15, -0.1) is 0 Å². The Morgan fingerprint density at radius 3 is 1.52 bits per heavy atom. The van der Waals surface area contributed by atoms with E-state index in [1.165, 1.54) is 51.4 Å². The van der Waals surface area contributed by atoms with Crippen LogP contribution in [0.3, 0.4) is 0 Å². The lowest BCUT2D eigenvalue weighted by molar-refractivity contribution is -0.887. The van der Waals surface area contributed by atoms with Gasteiger partial charge in [-0.2, -0.15) is 0 Å². The molecule has 0 fully saturated rings. The van der Waals surface area contributed by atoms with Crippen LogP contribution in [-0.4, -0.2) is 80.6 Å². The second kappa shape index (κ2) is 36.7. The Balaban J connectivity index is 4.45. The van der Waals surface area contributed by atoms with Crippen LogP contribution in [0.4, 0.5) is 0 Å². The molecule has 0 aromatic carbocycles. The van der Waals surface area contributed by atoms with Crippen molar-refractivity contribution < 1.29 is 38.2 Å². The second-order valence-electron chi connectivity index (χ2n) is 14.9. The molecule has 0 aliphatic carbocycles. The molecule has 8 nitrogen and oxygen atoms in total. The van der Waals surface area contributed by atoms with Gasteiger partial charge in [0.1, 0.15) is 6.61 Å². The third-order valence-electron chi connectivity index (χ3n) is 8.83. The summed E-state index contributed by atoms with van der Waals surface area (Å²) in [6.45, 7) is 4.57. The van der Waals surface area contributed by atoms with Gasteiger partial charge in [0.05, 0.1) is 34.4 Å². The van der Waals surface area contributed by atoms with E-state index in [0.29, 0.717) is 25.7 Å². The minimum Gasteiger partial charge on any atom is -0.477 e. The van der Waals surface area contributed by atoms with Gasteiger partial charge in [-0.05, 0) is 83.5 Å². The average Bonchev–Trinajstić information content (AvgIpc) is 3.12. The van der Waals surface area contributed by atoms with Crippen LogP contribution in [0.2, 0.25) is 0 Å². The zero-order valence-electron chi connectivity index (χ0n) is 34.9. The number of carbonyl (C=O) groups is 3. The number of unbranched alkanes of at least 4 members (excludes halogenated alkanes) is 10. The zero-order chi connectivity index (χ0) is 40.0. The Bertz CT molecular complexity index is 1110. The lowest BCUT2D eigenvalue weighted by Gasteiger charge is -2.31. The van der Waals surface area contributed by atoms with E-state index in [1.807, 2.05) is 21.1 Å². The predicted molar refractivity (Wildman–Crippen MR) is 224 cm³/mol. The fraction of sp³-hybridized carbons (Fsp3) is 0.674. The number of rotatable bonds is 36. The molecule has 2 atom stereocenters. The normalized spacial score (nSPS) is 13.7. The Morgan fingerprint density at radius 1 is 0.556 bits per heavy atom. The fourth-order valence-electron chi connectivity index (χ4n) is 5.52. The van der Waals surface area contributed by atoms with E-state index in [0.717, 1.165) is 51.4 Å². The molecule has 1 N–H and O–H groups in total. The van der Waals surface area contributed by atoms with E-state index in [9.17, 15) is 19.5 Å². The minimum atomic E-state index is -0.889. The summed E-state index contributed by atoms with van der Waals surface area (Å²) >= 11 is 0. The number of esters is 2. The number of carboxylic acids is 1. The van der Waals surface area contributed by atoms with Crippen LogP contribution in [0.25, 0.3) is 0 Å². The molecule has 0 aromatic heterocycles. The summed E-state index contributed by atoms with van der Waals surface area (Å²) in [4.78, 5) is 36.8. The summed E-state index contributed by atoms with van der Waals surface area (Å²) in [7, 11) is 5.49. The average molecular weight is 757 g/mol. The van der Waals surface area contributed by atoms with Crippen molar-refractivity contribution in [2.75, 3.05) is 41.0 Å². The number of nitrogens with zero attached hydrogens (tertiary/aromatic N) is 1. The number of aliphatic carboxylic acids is 1. The fourth-order valence-corrected chi connectivity index (χ4v) is 5.52. The standard InChI is InChI=1S/C46H77NO7/c1-6-8-10-12-14-16-17-18-19-20-21-22-23-24-25-26-27-29-31-33-35-37-45(49)54-42(40-52-39-38-43(46(50)51)47(3,4)5)41-53-44(48)36-34-32-30-28-15-13-11-9-7-2/h14,16,18-19,21-22,24-25,27-30,42-43H,6-13,15,17,20,23,26,31-41H2,1-5H3/p+1/b16-14+,19-18+,22-21+,25-24+,29-27+,30-28+. The van der Waals surface area contributed by atoms with E-state index >= 15 is 0 Å². The quantitative estimate of drug-likeness (QED) is 0.0294. The first-order chi connectivity index (χ1) is 26.1. The third-order valence-corrected chi connectivity index (χ3v) is 8.83. The van der Waals surface area contributed by atoms with Crippen molar-refractivity contribution in [1.29, 1.82) is 0 Å². The SMILES string of the molecule is CCCCC/C=C/C/C=C/C/C=C/C/C=C/C/C=C/CCCCC(=O)OC(COCCC(C(=O)O)[N+](C)(C)C)COC(=O)CCC/C=C/CCCCCC. The Labute approximate surface area is 330 Å². The van der Waals surface area contributed by atoms with Gasteiger partial charge >= 0.3 is 17.9 Å². The van der Waals surface area contributed by atoms with Crippen LogP contribution >= 0.6 is 0 Å². The van der Waals surface area contributed by atoms with Gasteiger partial charge in [0, 0.05) is 19.3 Å². The Morgan fingerprint density at radius 2 is 1.00 bits per heavy atom. The maximum Gasteiger partial charge on any atom is 0.362 e. The highest BCUT2D eigenvalue weighted by molar-refractivity contribution is 5.72. The number of likely N-dealkylation sites (N-methyl/N-ethyl adjacent to an activating group) is 1. The van der Waals surface area contributed by atoms with Crippen molar-refractivity contribution in [3.8, 4) is 0 Å². The van der Waals surface area contributed by atoms with Gasteiger partial charge < -0.3 is 23.8 Å². The first kappa shape index (κ1) is 50.8. The first-order valence-electron chi connectivity index (χ1n) is 21.0. The van der Waals surface area contributed by atoms with Crippen molar-refractivity contribution in [2.24, 2.45) is 0 Å². The largest absolute Gasteiger partial charge is 0.477 e. The van der Waals surface area contributed by atoms with Crippen LogP contribution in [0.15, 0.2) is 72.9 Å². The highest BCUT2D eigenvalue weighted by Gasteiger charge is 2.31. The van der Waals surface area contributed by atoms with E-state index in [4.69, 9.17) is 14.2 Å². The molecule has 8 heteroatoms.